The molecule has 0 bridgehead atoms. The third-order valence-electron chi connectivity index (χ3n) is 6.40. The smallest absolute Gasteiger partial charge is 0.459 e. The second-order valence-corrected chi connectivity index (χ2v) is 11.2. The number of aromatic nitrogens is 4. The molecule has 6 atom stereocenters. The lowest BCUT2D eigenvalue weighted by molar-refractivity contribution is -0.144. The third kappa shape index (κ3) is 6.80. The lowest BCUT2D eigenvalue weighted by Crippen LogP contribution is -2.43. The Labute approximate surface area is 244 Å². The SMILES string of the molecule is CCOC(=O)[C@H](C)NP(=O)(OC[C@H]1O[C@@H](n2cnc3c(OCC)nc(N)nc32)[C@](C)(N=[N+]=[N-])[C@@H]1O)Oc1ccc(F)cc1. The van der Waals surface area contributed by atoms with Crippen LogP contribution >= 0.6 is 7.75 Å². The number of aliphatic hydroxyl groups excluding tert-OH is 1. The number of azide groups is 1. The van der Waals surface area contributed by atoms with Crippen molar-refractivity contribution >= 4 is 30.8 Å². The number of anilines is 1. The van der Waals surface area contributed by atoms with E-state index in [0.29, 0.717) is 0 Å². The van der Waals surface area contributed by atoms with Gasteiger partial charge in [-0.05, 0) is 57.5 Å². The fourth-order valence-electron chi connectivity index (χ4n) is 4.35. The van der Waals surface area contributed by atoms with E-state index >= 15 is 0 Å². The van der Waals surface area contributed by atoms with E-state index in [4.69, 9.17) is 29.0 Å². The van der Waals surface area contributed by atoms with Gasteiger partial charge in [-0.1, -0.05) is 5.11 Å². The molecule has 0 saturated carbocycles. The highest BCUT2D eigenvalue weighted by molar-refractivity contribution is 7.52. The molecule has 1 aliphatic heterocycles. The van der Waals surface area contributed by atoms with Gasteiger partial charge < -0.3 is 29.6 Å². The van der Waals surface area contributed by atoms with Gasteiger partial charge in [-0.3, -0.25) is 13.9 Å². The lowest BCUT2D eigenvalue weighted by atomic mass is 9.93. The quantitative estimate of drug-likeness (QED) is 0.0818. The van der Waals surface area contributed by atoms with Crippen LogP contribution in [0.15, 0.2) is 35.7 Å². The number of nitrogen functional groups attached to an aromatic ring is 1. The predicted molar refractivity (Wildman–Crippen MR) is 148 cm³/mol. The number of esters is 1. The molecule has 1 fully saturated rings. The Kier molecular flexibility index (Phi) is 9.69. The normalized spacial score (nSPS) is 23.7. The standard InChI is InChI=1S/C24H31FN9O8P/c1-5-38-20-17-19(29-23(26)30-20)34(12-28-17)22-24(4,32-33-27)18(35)16(41-22)11-40-43(37,31-13(3)21(36)39-6-2)42-15-9-7-14(25)8-10-15/h7-10,12-13,16,18,22,35H,5-6,11H2,1-4H3,(H,31,37)(H2,26,29,30)/t13-,16+,18+,22+,24+,43?/m0/s1. The van der Waals surface area contributed by atoms with Crippen molar-refractivity contribution in [1.29, 1.82) is 0 Å². The summed E-state index contributed by atoms with van der Waals surface area (Å²) in [6.07, 6.45) is -2.64. The number of imidazole rings is 1. The maximum Gasteiger partial charge on any atom is 0.459 e. The number of carbonyl (C=O) groups is 1. The second kappa shape index (κ2) is 13.1. The molecule has 17 nitrogen and oxygen atoms in total. The minimum absolute atomic E-state index is 0.0368. The highest BCUT2D eigenvalue weighted by Crippen LogP contribution is 2.48. The summed E-state index contributed by atoms with van der Waals surface area (Å²) < 4.78 is 56.4. The van der Waals surface area contributed by atoms with Gasteiger partial charge in [0.25, 0.3) is 0 Å². The van der Waals surface area contributed by atoms with Crippen LogP contribution in [0.25, 0.3) is 21.6 Å². The molecule has 1 saturated heterocycles. The van der Waals surface area contributed by atoms with E-state index in [-0.39, 0.29) is 42.0 Å². The van der Waals surface area contributed by atoms with Crippen molar-refractivity contribution < 1.29 is 42.1 Å². The lowest BCUT2D eigenvalue weighted by Gasteiger charge is -2.28. The first-order valence-electron chi connectivity index (χ1n) is 13.1. The molecule has 0 amide bonds. The Bertz CT molecular complexity index is 1550. The van der Waals surface area contributed by atoms with Crippen LogP contribution in [0.1, 0.15) is 33.9 Å². The van der Waals surface area contributed by atoms with Gasteiger partial charge in [-0.25, -0.2) is 13.9 Å². The summed E-state index contributed by atoms with van der Waals surface area (Å²) in [5, 5.41) is 17.6. The monoisotopic (exact) mass is 623 g/mol. The largest absolute Gasteiger partial charge is 0.476 e. The van der Waals surface area contributed by atoms with E-state index in [1.54, 1.807) is 13.8 Å². The zero-order chi connectivity index (χ0) is 31.4. The van der Waals surface area contributed by atoms with Crippen molar-refractivity contribution in [1.82, 2.24) is 24.6 Å². The van der Waals surface area contributed by atoms with E-state index in [1.165, 1.54) is 36.9 Å². The fraction of sp³-hybridized carbons (Fsp3) is 0.500. The van der Waals surface area contributed by atoms with Crippen molar-refractivity contribution in [3.63, 3.8) is 0 Å². The summed E-state index contributed by atoms with van der Waals surface area (Å²) in [5.74, 6) is -1.34. The molecule has 4 rings (SSSR count). The molecule has 1 unspecified atom stereocenters. The molecule has 1 aromatic carbocycles. The summed E-state index contributed by atoms with van der Waals surface area (Å²) in [4.78, 5) is 27.7. The number of hydrogen-bond donors (Lipinski definition) is 3. The molecule has 3 heterocycles. The first-order chi connectivity index (χ1) is 20.4. The van der Waals surface area contributed by atoms with Crippen LogP contribution in [-0.2, 0) is 23.4 Å². The van der Waals surface area contributed by atoms with Crippen LogP contribution in [0.2, 0.25) is 0 Å². The van der Waals surface area contributed by atoms with Gasteiger partial charge in [0.1, 0.15) is 29.3 Å². The Balaban J connectivity index is 1.63. The zero-order valence-electron chi connectivity index (χ0n) is 23.7. The van der Waals surface area contributed by atoms with E-state index in [2.05, 4.69) is 30.1 Å². The van der Waals surface area contributed by atoms with Gasteiger partial charge in [0.2, 0.25) is 11.8 Å². The Morgan fingerprint density at radius 1 is 1.35 bits per heavy atom. The summed E-state index contributed by atoms with van der Waals surface area (Å²) in [5.41, 5.74) is 14.0. The first kappa shape index (κ1) is 31.9. The number of benzene rings is 1. The number of nitrogens with zero attached hydrogens (tertiary/aromatic N) is 7. The average Bonchev–Trinajstić information content (AvgIpc) is 3.47. The van der Waals surface area contributed by atoms with Crippen LogP contribution in [0.4, 0.5) is 10.3 Å². The molecule has 19 heteroatoms. The van der Waals surface area contributed by atoms with Gasteiger partial charge in [-0.2, -0.15) is 15.1 Å². The van der Waals surface area contributed by atoms with Crippen LogP contribution in [-0.4, -0.2) is 74.2 Å². The highest BCUT2D eigenvalue weighted by atomic mass is 31.2. The van der Waals surface area contributed by atoms with Gasteiger partial charge in [-0.15, -0.1) is 0 Å². The average molecular weight is 624 g/mol. The van der Waals surface area contributed by atoms with E-state index in [1.807, 2.05) is 0 Å². The van der Waals surface area contributed by atoms with Gasteiger partial charge in [0.15, 0.2) is 17.4 Å². The predicted octanol–water partition coefficient (Wildman–Crippen LogP) is 3.02. The third-order valence-corrected chi connectivity index (χ3v) is 8.04. The maximum atomic E-state index is 13.8. The molecule has 232 valence electrons. The van der Waals surface area contributed by atoms with Gasteiger partial charge in [0.05, 0.1) is 32.3 Å². The molecule has 3 aromatic rings. The molecule has 0 aliphatic carbocycles. The molecular weight excluding hydrogens is 592 g/mol. The van der Waals surface area contributed by atoms with E-state index in [0.717, 1.165) is 12.1 Å². The number of nitrogens with one attached hydrogen (secondary N) is 1. The molecule has 4 N–H and O–H groups in total. The molecule has 0 spiro atoms. The van der Waals surface area contributed by atoms with Crippen LogP contribution in [0.5, 0.6) is 11.6 Å². The number of fused-ring (bicyclic) bond motifs is 1. The number of carbonyl (C=O) groups excluding carboxylic acids is 1. The molecule has 43 heavy (non-hydrogen) atoms. The fourth-order valence-corrected chi connectivity index (χ4v) is 5.85. The first-order valence-corrected chi connectivity index (χ1v) is 14.7. The number of halogens is 1. The Morgan fingerprint density at radius 3 is 2.72 bits per heavy atom. The summed E-state index contributed by atoms with van der Waals surface area (Å²) in [6.45, 7) is 5.94. The number of hydrogen-bond acceptors (Lipinski definition) is 13. The number of aliphatic hydroxyl groups is 1. The van der Waals surface area contributed by atoms with Crippen molar-refractivity contribution in [2.24, 2.45) is 5.11 Å². The van der Waals surface area contributed by atoms with Crippen molar-refractivity contribution in [2.45, 2.75) is 57.7 Å². The Hall–Kier alpha value is -4.05. The number of ether oxygens (including phenoxy) is 3. The molecule has 2 aromatic heterocycles. The Morgan fingerprint density at radius 2 is 2.07 bits per heavy atom. The number of rotatable bonds is 13. The van der Waals surface area contributed by atoms with E-state index < -0.39 is 56.2 Å². The molecular formula is C24H31FN9O8P. The molecule has 1 aliphatic rings. The minimum Gasteiger partial charge on any atom is -0.476 e. The van der Waals surface area contributed by atoms with Gasteiger partial charge >= 0.3 is 13.7 Å². The van der Waals surface area contributed by atoms with Crippen LogP contribution in [0, 0.1) is 5.82 Å². The second-order valence-electron chi connectivity index (χ2n) is 9.47. The number of nitrogens with two attached hydrogens (primary N) is 1. The maximum absolute atomic E-state index is 13.8. The van der Waals surface area contributed by atoms with Crippen molar-refractivity contribution in [3.8, 4) is 11.6 Å². The summed E-state index contributed by atoms with van der Waals surface area (Å²) in [7, 11) is -4.41. The van der Waals surface area contributed by atoms with Crippen LogP contribution in [0.3, 0.4) is 0 Å². The van der Waals surface area contributed by atoms with Crippen LogP contribution < -0.4 is 20.1 Å². The van der Waals surface area contributed by atoms with Crippen molar-refractivity contribution in [3.05, 3.63) is 46.9 Å². The minimum atomic E-state index is -4.41. The van der Waals surface area contributed by atoms with Crippen molar-refractivity contribution in [2.75, 3.05) is 25.6 Å². The highest BCUT2D eigenvalue weighted by Gasteiger charge is 2.55. The van der Waals surface area contributed by atoms with E-state index in [9.17, 15) is 24.4 Å². The summed E-state index contributed by atoms with van der Waals surface area (Å²) in [6, 6.07) is 3.44. The van der Waals surface area contributed by atoms with Gasteiger partial charge in [0, 0.05) is 4.91 Å². The summed E-state index contributed by atoms with van der Waals surface area (Å²) >= 11 is 0. The zero-order valence-corrected chi connectivity index (χ0v) is 24.5. The molecule has 0 radical (unpaired) electrons. The topological polar surface area (TPSA) is 231 Å².